The third-order valence-electron chi connectivity index (χ3n) is 4.62. The number of hydrogen-bond acceptors (Lipinski definition) is 5. The van der Waals surface area contributed by atoms with Crippen molar-refractivity contribution in [3.63, 3.8) is 0 Å². The van der Waals surface area contributed by atoms with E-state index in [1.54, 1.807) is 17.0 Å². The van der Waals surface area contributed by atoms with E-state index in [1.165, 1.54) is 13.2 Å². The Hall–Kier alpha value is -2.73. The first-order chi connectivity index (χ1) is 13.5. The summed E-state index contributed by atoms with van der Waals surface area (Å²) in [4.78, 5) is 16.8. The fraction of sp³-hybridized carbons (Fsp3) is 0.238. The summed E-state index contributed by atoms with van der Waals surface area (Å²) in [6, 6.07) is 15.4. The molecule has 6 nitrogen and oxygen atoms in total. The van der Waals surface area contributed by atoms with Crippen LogP contribution in [0.3, 0.4) is 0 Å². The number of nitrogens with zero attached hydrogens (tertiary/aromatic N) is 3. The summed E-state index contributed by atoms with van der Waals surface area (Å²) in [5.74, 6) is 0.0683. The first-order valence-electron chi connectivity index (χ1n) is 8.81. The van der Waals surface area contributed by atoms with Crippen LogP contribution in [-0.2, 0) is 4.79 Å². The standard InChI is InChI=1S/C21H20IN3O3/c1-28-19-13-15(12-18(22)20(19)26)11-16(14-23)21(27)25-9-7-24(8-10-25)17-5-3-2-4-6-17/h2-6,11-13,26H,7-10H2,1H3/b16-11-. The Labute approximate surface area is 177 Å². The van der Waals surface area contributed by atoms with Gasteiger partial charge in [-0.15, -0.1) is 0 Å². The van der Waals surface area contributed by atoms with Gasteiger partial charge in [0, 0.05) is 31.9 Å². The van der Waals surface area contributed by atoms with Crippen molar-refractivity contribution in [3.8, 4) is 17.6 Å². The van der Waals surface area contributed by atoms with Crippen LogP contribution in [0, 0.1) is 14.9 Å². The van der Waals surface area contributed by atoms with Crippen molar-refractivity contribution in [2.75, 3.05) is 38.2 Å². The lowest BCUT2D eigenvalue weighted by Crippen LogP contribution is -2.49. The summed E-state index contributed by atoms with van der Waals surface area (Å²) in [7, 11) is 1.46. The predicted octanol–water partition coefficient (Wildman–Crippen LogP) is 3.26. The molecule has 1 fully saturated rings. The molecule has 0 aromatic heterocycles. The van der Waals surface area contributed by atoms with Gasteiger partial charge in [0.1, 0.15) is 11.6 Å². The summed E-state index contributed by atoms with van der Waals surface area (Å²) >= 11 is 1.98. The highest BCUT2D eigenvalue weighted by Gasteiger charge is 2.24. The van der Waals surface area contributed by atoms with Crippen molar-refractivity contribution < 1.29 is 14.6 Å². The average molecular weight is 489 g/mol. The van der Waals surface area contributed by atoms with E-state index in [9.17, 15) is 15.2 Å². The first-order valence-corrected chi connectivity index (χ1v) is 9.89. The van der Waals surface area contributed by atoms with E-state index in [0.29, 0.717) is 28.0 Å². The van der Waals surface area contributed by atoms with Gasteiger partial charge in [0.05, 0.1) is 10.7 Å². The number of carbonyl (C=O) groups excluding carboxylic acids is 1. The second-order valence-corrected chi connectivity index (χ2v) is 7.50. The number of amides is 1. The summed E-state index contributed by atoms with van der Waals surface area (Å²) < 4.78 is 5.73. The number of hydrogen-bond donors (Lipinski definition) is 1. The van der Waals surface area contributed by atoms with Crippen LogP contribution in [0.5, 0.6) is 11.5 Å². The molecule has 0 saturated carbocycles. The third kappa shape index (κ3) is 4.39. The largest absolute Gasteiger partial charge is 0.504 e. The minimum atomic E-state index is -0.280. The van der Waals surface area contributed by atoms with Gasteiger partial charge in [-0.1, -0.05) is 18.2 Å². The number of phenols is 1. The molecule has 1 aliphatic heterocycles. The Morgan fingerprint density at radius 3 is 2.50 bits per heavy atom. The van der Waals surface area contributed by atoms with E-state index in [4.69, 9.17) is 4.74 Å². The first kappa shape index (κ1) is 20.0. The molecule has 0 spiro atoms. The molecule has 0 radical (unpaired) electrons. The molecule has 3 rings (SSSR count). The quantitative estimate of drug-likeness (QED) is 0.406. The van der Waals surface area contributed by atoms with Gasteiger partial charge in [0.2, 0.25) is 0 Å². The van der Waals surface area contributed by atoms with Gasteiger partial charge in [-0.25, -0.2) is 0 Å². The number of rotatable bonds is 4. The highest BCUT2D eigenvalue weighted by Crippen LogP contribution is 2.33. The molecular formula is C21H20IN3O3. The lowest BCUT2D eigenvalue weighted by molar-refractivity contribution is -0.126. The molecule has 0 unspecified atom stereocenters. The zero-order valence-electron chi connectivity index (χ0n) is 15.4. The van der Waals surface area contributed by atoms with Crippen LogP contribution in [-0.4, -0.2) is 49.2 Å². The number of benzene rings is 2. The van der Waals surface area contributed by atoms with E-state index >= 15 is 0 Å². The van der Waals surface area contributed by atoms with Crippen molar-refractivity contribution in [2.45, 2.75) is 0 Å². The van der Waals surface area contributed by atoms with Crippen molar-refractivity contribution >= 4 is 40.3 Å². The lowest BCUT2D eigenvalue weighted by atomic mass is 10.1. The van der Waals surface area contributed by atoms with E-state index in [2.05, 4.69) is 17.0 Å². The molecule has 28 heavy (non-hydrogen) atoms. The van der Waals surface area contributed by atoms with E-state index < -0.39 is 0 Å². The number of nitriles is 1. The fourth-order valence-corrected chi connectivity index (χ4v) is 3.74. The van der Waals surface area contributed by atoms with Crippen LogP contribution in [0.4, 0.5) is 5.69 Å². The Kier molecular flexibility index (Phi) is 6.41. The molecule has 7 heteroatoms. The highest BCUT2D eigenvalue weighted by atomic mass is 127. The average Bonchev–Trinajstić information content (AvgIpc) is 2.74. The number of carbonyl (C=O) groups is 1. The third-order valence-corrected chi connectivity index (χ3v) is 5.44. The van der Waals surface area contributed by atoms with Crippen molar-refractivity contribution in [2.24, 2.45) is 0 Å². The number of methoxy groups -OCH3 is 1. The number of aromatic hydroxyl groups is 1. The number of ether oxygens (including phenoxy) is 1. The van der Waals surface area contributed by atoms with Crippen LogP contribution < -0.4 is 9.64 Å². The van der Waals surface area contributed by atoms with Crippen molar-refractivity contribution in [3.05, 3.63) is 57.2 Å². The predicted molar refractivity (Wildman–Crippen MR) is 116 cm³/mol. The van der Waals surface area contributed by atoms with Crippen molar-refractivity contribution in [1.82, 2.24) is 4.90 Å². The van der Waals surface area contributed by atoms with E-state index in [1.807, 2.05) is 46.9 Å². The van der Waals surface area contributed by atoms with Crippen LogP contribution in [0.1, 0.15) is 5.56 Å². The van der Waals surface area contributed by atoms with Gasteiger partial charge in [-0.3, -0.25) is 4.79 Å². The van der Waals surface area contributed by atoms with E-state index in [0.717, 1.165) is 18.8 Å². The molecule has 144 valence electrons. The topological polar surface area (TPSA) is 76.8 Å². The molecule has 1 aliphatic rings. The maximum absolute atomic E-state index is 12.8. The Morgan fingerprint density at radius 1 is 1.21 bits per heavy atom. The fourth-order valence-electron chi connectivity index (χ4n) is 3.12. The minimum absolute atomic E-state index is 0.0436. The summed E-state index contributed by atoms with van der Waals surface area (Å²) in [5.41, 5.74) is 1.83. The summed E-state index contributed by atoms with van der Waals surface area (Å²) in [6.45, 7) is 2.56. The maximum Gasteiger partial charge on any atom is 0.264 e. The Balaban J connectivity index is 1.73. The van der Waals surface area contributed by atoms with Gasteiger partial charge < -0.3 is 19.6 Å². The number of halogens is 1. The Bertz CT molecular complexity index is 930. The van der Waals surface area contributed by atoms with Gasteiger partial charge in [0.15, 0.2) is 11.5 Å². The number of phenolic OH excluding ortho intramolecular Hbond substituents is 1. The zero-order chi connectivity index (χ0) is 20.1. The SMILES string of the molecule is COc1cc(/C=C(/C#N)C(=O)N2CCN(c3ccccc3)CC2)cc(I)c1O. The molecule has 0 atom stereocenters. The lowest BCUT2D eigenvalue weighted by Gasteiger charge is -2.36. The number of para-hydroxylation sites is 1. The molecule has 0 aliphatic carbocycles. The van der Waals surface area contributed by atoms with Crippen LogP contribution in [0.15, 0.2) is 48.0 Å². The molecule has 1 amide bonds. The minimum Gasteiger partial charge on any atom is -0.504 e. The summed E-state index contributed by atoms with van der Waals surface area (Å²) in [6.07, 6.45) is 1.54. The molecule has 1 N–H and O–H groups in total. The molecule has 2 aromatic rings. The zero-order valence-corrected chi connectivity index (χ0v) is 17.6. The smallest absolute Gasteiger partial charge is 0.264 e. The highest BCUT2D eigenvalue weighted by molar-refractivity contribution is 14.1. The molecule has 2 aromatic carbocycles. The van der Waals surface area contributed by atoms with Crippen molar-refractivity contribution in [1.29, 1.82) is 5.26 Å². The van der Waals surface area contributed by atoms with Gasteiger partial charge >= 0.3 is 0 Å². The van der Waals surface area contributed by atoms with Crippen LogP contribution in [0.2, 0.25) is 0 Å². The maximum atomic E-state index is 12.8. The van der Waals surface area contributed by atoms with Crippen LogP contribution in [0.25, 0.3) is 6.08 Å². The number of piperazine rings is 1. The Morgan fingerprint density at radius 2 is 1.89 bits per heavy atom. The normalized spacial score (nSPS) is 14.5. The monoisotopic (exact) mass is 489 g/mol. The van der Waals surface area contributed by atoms with Crippen LogP contribution >= 0.6 is 22.6 Å². The van der Waals surface area contributed by atoms with E-state index in [-0.39, 0.29) is 17.2 Å². The second-order valence-electron chi connectivity index (χ2n) is 6.34. The summed E-state index contributed by atoms with van der Waals surface area (Å²) in [5, 5.41) is 19.5. The molecule has 1 saturated heterocycles. The second kappa shape index (κ2) is 8.97. The number of anilines is 1. The van der Waals surface area contributed by atoms with Gasteiger partial charge in [-0.2, -0.15) is 5.26 Å². The van der Waals surface area contributed by atoms with Gasteiger partial charge in [-0.05, 0) is 58.5 Å². The molecular weight excluding hydrogens is 469 g/mol. The molecule has 0 bridgehead atoms. The molecule has 1 heterocycles. The van der Waals surface area contributed by atoms with Gasteiger partial charge in [0.25, 0.3) is 5.91 Å².